The zero-order valence-corrected chi connectivity index (χ0v) is 8.48. The molecule has 0 saturated carbocycles. The van der Waals surface area contributed by atoms with E-state index in [9.17, 15) is 5.11 Å². The number of likely N-dealkylation sites (N-methyl/N-ethyl adjacent to an activating group) is 1. The fraction of sp³-hybridized carbons (Fsp3) is 1.00. The maximum Gasteiger partial charge on any atom is 0.0664 e. The summed E-state index contributed by atoms with van der Waals surface area (Å²) in [5.41, 5.74) is 0. The molecule has 0 heterocycles. The fourth-order valence-electron chi connectivity index (χ4n) is 1.21. The Bertz CT molecular complexity index is 121. The molecule has 0 spiro atoms. The Kier molecular flexibility index (Phi) is 7.17. The molecule has 0 aromatic heterocycles. The smallest absolute Gasteiger partial charge is 0.0664 e. The summed E-state index contributed by atoms with van der Waals surface area (Å²) in [5.74, 6) is 0. The van der Waals surface area contributed by atoms with Crippen LogP contribution in [0.1, 0.15) is 19.8 Å². The van der Waals surface area contributed by atoms with Crippen LogP contribution in [0.4, 0.5) is 0 Å². The molecule has 2 atom stereocenters. The molecule has 80 valence electrons. The molecule has 13 heavy (non-hydrogen) atoms. The van der Waals surface area contributed by atoms with Gasteiger partial charge in [0.15, 0.2) is 0 Å². The van der Waals surface area contributed by atoms with Gasteiger partial charge in [0.2, 0.25) is 0 Å². The molecule has 0 saturated heterocycles. The van der Waals surface area contributed by atoms with Crippen molar-refractivity contribution in [1.29, 1.82) is 0 Å². The lowest BCUT2D eigenvalue weighted by molar-refractivity contribution is 0.0666. The normalized spacial score (nSPS) is 16.2. The van der Waals surface area contributed by atoms with Crippen LogP contribution >= 0.6 is 0 Å². The third kappa shape index (κ3) is 5.21. The predicted octanol–water partition coefficient (Wildman–Crippen LogP) is -0.568. The summed E-state index contributed by atoms with van der Waals surface area (Å²) in [5, 5.41) is 27.0. The van der Waals surface area contributed by atoms with Crippen LogP contribution in [0.15, 0.2) is 0 Å². The molecule has 2 unspecified atom stereocenters. The molecule has 0 bridgehead atoms. The first-order chi connectivity index (χ1) is 6.15. The number of hydrogen-bond acceptors (Lipinski definition) is 4. The highest BCUT2D eigenvalue weighted by molar-refractivity contribution is 4.69. The Morgan fingerprint density at radius 1 is 1.31 bits per heavy atom. The largest absolute Gasteiger partial charge is 0.396 e. The molecule has 0 radical (unpaired) electrons. The molecule has 0 rings (SSSR count). The highest BCUT2D eigenvalue weighted by atomic mass is 16.3. The Balaban J connectivity index is 3.82. The van der Waals surface area contributed by atoms with Gasteiger partial charge >= 0.3 is 0 Å². The van der Waals surface area contributed by atoms with E-state index in [2.05, 4.69) is 0 Å². The number of rotatable bonds is 7. The summed E-state index contributed by atoms with van der Waals surface area (Å²) in [6, 6.07) is -0.0498. The van der Waals surface area contributed by atoms with Gasteiger partial charge < -0.3 is 15.3 Å². The lowest BCUT2D eigenvalue weighted by Gasteiger charge is -2.27. The molecule has 0 aliphatic rings. The van der Waals surface area contributed by atoms with Gasteiger partial charge in [0.1, 0.15) is 0 Å². The van der Waals surface area contributed by atoms with Crippen LogP contribution in [0.5, 0.6) is 0 Å². The Hall–Kier alpha value is -0.160. The number of hydrogen-bond donors (Lipinski definition) is 3. The molecule has 0 aliphatic carbocycles. The topological polar surface area (TPSA) is 63.9 Å². The van der Waals surface area contributed by atoms with Crippen LogP contribution in [-0.4, -0.2) is 59.2 Å². The van der Waals surface area contributed by atoms with E-state index < -0.39 is 0 Å². The van der Waals surface area contributed by atoms with Crippen LogP contribution in [-0.2, 0) is 0 Å². The molecule has 0 aliphatic heterocycles. The third-order valence-corrected chi connectivity index (χ3v) is 2.27. The predicted molar refractivity (Wildman–Crippen MR) is 51.5 cm³/mol. The SMILES string of the molecule is CCC(O)CN(C)C(CO)CCO. The van der Waals surface area contributed by atoms with Crippen molar-refractivity contribution in [3.8, 4) is 0 Å². The Morgan fingerprint density at radius 3 is 2.31 bits per heavy atom. The van der Waals surface area contributed by atoms with Gasteiger partial charge in [-0.2, -0.15) is 0 Å². The summed E-state index contributed by atoms with van der Waals surface area (Å²) < 4.78 is 0. The van der Waals surface area contributed by atoms with Gasteiger partial charge in [-0.15, -0.1) is 0 Å². The molecule has 0 aromatic rings. The molecule has 3 N–H and O–H groups in total. The van der Waals surface area contributed by atoms with E-state index in [0.29, 0.717) is 19.4 Å². The van der Waals surface area contributed by atoms with E-state index in [-0.39, 0.29) is 25.4 Å². The second-order valence-corrected chi connectivity index (χ2v) is 3.35. The highest BCUT2D eigenvalue weighted by Gasteiger charge is 2.15. The minimum Gasteiger partial charge on any atom is -0.396 e. The van der Waals surface area contributed by atoms with Gasteiger partial charge in [-0.1, -0.05) is 6.92 Å². The molecule has 0 amide bonds. The van der Waals surface area contributed by atoms with E-state index in [1.165, 1.54) is 0 Å². The summed E-state index contributed by atoms with van der Waals surface area (Å²) >= 11 is 0. The Morgan fingerprint density at radius 2 is 1.92 bits per heavy atom. The van der Waals surface area contributed by atoms with Crippen LogP contribution in [0.3, 0.4) is 0 Å². The van der Waals surface area contributed by atoms with Crippen molar-refractivity contribution in [2.24, 2.45) is 0 Å². The minimum absolute atomic E-state index is 0.0213. The quantitative estimate of drug-likeness (QED) is 0.504. The third-order valence-electron chi connectivity index (χ3n) is 2.27. The first kappa shape index (κ1) is 12.8. The lowest BCUT2D eigenvalue weighted by atomic mass is 10.1. The first-order valence-electron chi connectivity index (χ1n) is 4.75. The van der Waals surface area contributed by atoms with Crippen LogP contribution in [0.25, 0.3) is 0 Å². The van der Waals surface area contributed by atoms with Crippen molar-refractivity contribution >= 4 is 0 Å². The molecule has 4 heteroatoms. The van der Waals surface area contributed by atoms with Gasteiger partial charge in [0.05, 0.1) is 12.7 Å². The van der Waals surface area contributed by atoms with Gasteiger partial charge in [0.25, 0.3) is 0 Å². The summed E-state index contributed by atoms with van der Waals surface area (Å²) in [6.07, 6.45) is 0.906. The zero-order valence-electron chi connectivity index (χ0n) is 8.48. The van der Waals surface area contributed by atoms with Crippen LogP contribution in [0.2, 0.25) is 0 Å². The number of aliphatic hydroxyl groups is 3. The maximum atomic E-state index is 9.36. The molecular formula is C9H21NO3. The number of aliphatic hydroxyl groups excluding tert-OH is 3. The second-order valence-electron chi connectivity index (χ2n) is 3.35. The molecule has 4 nitrogen and oxygen atoms in total. The fourth-order valence-corrected chi connectivity index (χ4v) is 1.21. The summed E-state index contributed by atoms with van der Waals surface area (Å²) in [7, 11) is 1.84. The van der Waals surface area contributed by atoms with Crippen molar-refractivity contribution in [2.45, 2.75) is 31.9 Å². The van der Waals surface area contributed by atoms with E-state index in [1.807, 2.05) is 18.9 Å². The molecular weight excluding hydrogens is 170 g/mol. The first-order valence-corrected chi connectivity index (χ1v) is 4.75. The molecule has 0 aromatic carbocycles. The van der Waals surface area contributed by atoms with Gasteiger partial charge in [-0.25, -0.2) is 0 Å². The highest BCUT2D eigenvalue weighted by Crippen LogP contribution is 2.03. The zero-order chi connectivity index (χ0) is 10.3. The van der Waals surface area contributed by atoms with E-state index >= 15 is 0 Å². The number of nitrogens with zero attached hydrogens (tertiary/aromatic N) is 1. The van der Waals surface area contributed by atoms with E-state index in [1.54, 1.807) is 0 Å². The average molecular weight is 191 g/mol. The monoisotopic (exact) mass is 191 g/mol. The van der Waals surface area contributed by atoms with Crippen molar-refractivity contribution in [3.05, 3.63) is 0 Å². The van der Waals surface area contributed by atoms with Crippen LogP contribution < -0.4 is 0 Å². The van der Waals surface area contributed by atoms with Gasteiger partial charge in [-0.05, 0) is 19.9 Å². The van der Waals surface area contributed by atoms with Crippen molar-refractivity contribution < 1.29 is 15.3 Å². The minimum atomic E-state index is -0.349. The van der Waals surface area contributed by atoms with Gasteiger partial charge in [-0.3, -0.25) is 4.90 Å². The summed E-state index contributed by atoms with van der Waals surface area (Å²) in [4.78, 5) is 1.88. The van der Waals surface area contributed by atoms with Crippen molar-refractivity contribution in [1.82, 2.24) is 4.90 Å². The summed E-state index contributed by atoms with van der Waals surface area (Å²) in [6.45, 7) is 2.55. The van der Waals surface area contributed by atoms with E-state index in [4.69, 9.17) is 10.2 Å². The second kappa shape index (κ2) is 7.26. The standard InChI is InChI=1S/C9H21NO3/c1-3-9(13)6-10(2)8(7-12)4-5-11/h8-9,11-13H,3-7H2,1-2H3. The molecule has 0 fully saturated rings. The van der Waals surface area contributed by atoms with Gasteiger partial charge in [0, 0.05) is 19.2 Å². The Labute approximate surface area is 79.8 Å². The van der Waals surface area contributed by atoms with Crippen molar-refractivity contribution in [2.75, 3.05) is 26.8 Å². The van der Waals surface area contributed by atoms with Crippen LogP contribution in [0, 0.1) is 0 Å². The van der Waals surface area contributed by atoms with Crippen molar-refractivity contribution in [3.63, 3.8) is 0 Å². The lowest BCUT2D eigenvalue weighted by Crippen LogP contribution is -2.40. The maximum absolute atomic E-state index is 9.36. The average Bonchev–Trinajstić information content (AvgIpc) is 2.13. The van der Waals surface area contributed by atoms with E-state index in [0.717, 1.165) is 0 Å².